The van der Waals surface area contributed by atoms with Gasteiger partial charge in [0, 0.05) is 24.2 Å². The van der Waals surface area contributed by atoms with Crippen LogP contribution in [-0.2, 0) is 0 Å². The molecule has 6 heteroatoms. The zero-order chi connectivity index (χ0) is 14.8. The summed E-state index contributed by atoms with van der Waals surface area (Å²) in [5.74, 6) is -0.192. The van der Waals surface area contributed by atoms with E-state index >= 15 is 0 Å². The lowest BCUT2D eigenvalue weighted by Gasteiger charge is -2.36. The van der Waals surface area contributed by atoms with Gasteiger partial charge >= 0.3 is 0 Å². The average molecular weight is 277 g/mol. The molecule has 108 valence electrons. The van der Waals surface area contributed by atoms with E-state index in [4.69, 9.17) is 10.9 Å². The number of β-amino-alcohol motifs (C(OH)–C–C–N with tert-alkyl or cyclic N) is 1. The number of nitrogens with zero attached hydrogens (tertiary/aromatic N) is 2. The van der Waals surface area contributed by atoms with Crippen molar-refractivity contribution in [2.75, 3.05) is 13.1 Å². The summed E-state index contributed by atoms with van der Waals surface area (Å²) in [6.07, 6.45) is 1.47. The summed E-state index contributed by atoms with van der Waals surface area (Å²) in [5.41, 5.74) is 5.64. The van der Waals surface area contributed by atoms with Crippen LogP contribution in [0, 0.1) is 0 Å². The van der Waals surface area contributed by atoms with Gasteiger partial charge in [-0.1, -0.05) is 17.3 Å². The second-order valence-electron chi connectivity index (χ2n) is 5.39. The van der Waals surface area contributed by atoms with E-state index in [-0.39, 0.29) is 11.7 Å². The number of likely N-dealkylation sites (tertiary alicyclic amines) is 1. The molecular weight excluding hydrogens is 258 g/mol. The molecule has 1 heterocycles. The third kappa shape index (κ3) is 3.08. The lowest BCUT2D eigenvalue weighted by molar-refractivity contribution is -0.0107. The second kappa shape index (κ2) is 5.50. The molecule has 20 heavy (non-hydrogen) atoms. The Hall–Kier alpha value is -2.08. The van der Waals surface area contributed by atoms with E-state index in [1.807, 2.05) is 0 Å². The Labute approximate surface area is 117 Å². The maximum atomic E-state index is 12.4. The Kier molecular flexibility index (Phi) is 3.94. The molecule has 2 rings (SSSR count). The van der Waals surface area contributed by atoms with E-state index < -0.39 is 5.60 Å². The molecule has 1 aromatic carbocycles. The molecule has 1 amide bonds. The minimum atomic E-state index is -0.836. The maximum absolute atomic E-state index is 12.4. The smallest absolute Gasteiger partial charge is 0.253 e. The quantitative estimate of drug-likeness (QED) is 0.322. The number of hydrogen-bond acceptors (Lipinski definition) is 4. The number of oxime groups is 1. The number of aliphatic hydroxyl groups is 1. The number of carbonyl (C=O) groups excluding carboxylic acids is 1. The fourth-order valence-electron chi connectivity index (χ4n) is 2.45. The van der Waals surface area contributed by atoms with Gasteiger partial charge in [-0.3, -0.25) is 4.79 Å². The summed E-state index contributed by atoms with van der Waals surface area (Å²) in [4.78, 5) is 14.1. The molecule has 1 aliphatic rings. The highest BCUT2D eigenvalue weighted by Crippen LogP contribution is 2.22. The van der Waals surface area contributed by atoms with Crippen LogP contribution in [0.4, 0.5) is 0 Å². The van der Waals surface area contributed by atoms with Crippen molar-refractivity contribution >= 4 is 11.7 Å². The predicted molar refractivity (Wildman–Crippen MR) is 74.7 cm³/mol. The Balaban J connectivity index is 2.21. The highest BCUT2D eigenvalue weighted by molar-refractivity contribution is 6.01. The molecule has 0 bridgehead atoms. The van der Waals surface area contributed by atoms with E-state index in [1.54, 1.807) is 36.1 Å². The first-order chi connectivity index (χ1) is 9.43. The predicted octanol–water partition coefficient (Wildman–Crippen LogP) is 0.768. The molecule has 4 N–H and O–H groups in total. The topological polar surface area (TPSA) is 99.2 Å². The Bertz CT molecular complexity index is 540. The number of benzene rings is 1. The molecular formula is C14H19N3O3. The molecule has 0 radical (unpaired) electrons. The first kappa shape index (κ1) is 14.3. The third-order valence-corrected chi connectivity index (χ3v) is 3.48. The summed E-state index contributed by atoms with van der Waals surface area (Å²) in [6, 6.07) is 6.61. The minimum Gasteiger partial charge on any atom is -0.409 e. The highest BCUT2D eigenvalue weighted by Gasteiger charge is 2.31. The standard InChI is InChI=1S/C14H19N3O3/c1-14(19)6-3-7-17(9-14)13(18)11-5-2-4-10(8-11)12(15)16-20/h2,4-5,8,19-20H,3,6-7,9H2,1H3,(H2,15,16). The summed E-state index contributed by atoms with van der Waals surface area (Å²) in [6.45, 7) is 2.68. The van der Waals surface area contributed by atoms with Gasteiger partial charge in [0.2, 0.25) is 0 Å². The van der Waals surface area contributed by atoms with Gasteiger partial charge in [-0.05, 0) is 31.9 Å². The monoisotopic (exact) mass is 277 g/mol. The van der Waals surface area contributed by atoms with Gasteiger partial charge in [0.15, 0.2) is 5.84 Å². The molecule has 1 aromatic rings. The van der Waals surface area contributed by atoms with Crippen molar-refractivity contribution in [3.8, 4) is 0 Å². The molecule has 1 aliphatic heterocycles. The number of hydrogen-bond donors (Lipinski definition) is 3. The summed E-state index contributed by atoms with van der Waals surface area (Å²) >= 11 is 0. The number of piperidine rings is 1. The van der Waals surface area contributed by atoms with Crippen molar-refractivity contribution in [2.45, 2.75) is 25.4 Å². The Morgan fingerprint density at radius 1 is 1.45 bits per heavy atom. The average Bonchev–Trinajstić information content (AvgIpc) is 2.44. The van der Waals surface area contributed by atoms with Crippen LogP contribution < -0.4 is 5.73 Å². The van der Waals surface area contributed by atoms with E-state index in [0.29, 0.717) is 30.6 Å². The SMILES string of the molecule is CC1(O)CCCN(C(=O)c2cccc(/C(N)=N/O)c2)C1. The molecule has 0 aliphatic carbocycles. The highest BCUT2D eigenvalue weighted by atomic mass is 16.4. The fraction of sp³-hybridized carbons (Fsp3) is 0.429. The summed E-state index contributed by atoms with van der Waals surface area (Å²) in [5, 5.41) is 21.6. The fourth-order valence-corrected chi connectivity index (χ4v) is 2.45. The van der Waals surface area contributed by atoms with Crippen molar-refractivity contribution in [1.82, 2.24) is 4.90 Å². The molecule has 6 nitrogen and oxygen atoms in total. The van der Waals surface area contributed by atoms with Crippen LogP contribution in [0.1, 0.15) is 35.7 Å². The Morgan fingerprint density at radius 2 is 2.15 bits per heavy atom. The van der Waals surface area contributed by atoms with E-state index in [2.05, 4.69) is 5.16 Å². The molecule has 0 spiro atoms. The van der Waals surface area contributed by atoms with Crippen LogP contribution in [0.15, 0.2) is 29.4 Å². The molecule has 1 unspecified atom stereocenters. The van der Waals surface area contributed by atoms with Gasteiger partial charge in [-0.15, -0.1) is 0 Å². The van der Waals surface area contributed by atoms with Gasteiger partial charge in [0.05, 0.1) is 5.60 Å². The van der Waals surface area contributed by atoms with E-state index in [1.165, 1.54) is 0 Å². The zero-order valence-corrected chi connectivity index (χ0v) is 11.4. The third-order valence-electron chi connectivity index (χ3n) is 3.48. The number of nitrogens with two attached hydrogens (primary N) is 1. The number of carbonyl (C=O) groups is 1. The van der Waals surface area contributed by atoms with Crippen LogP contribution in [0.5, 0.6) is 0 Å². The van der Waals surface area contributed by atoms with Crippen molar-refractivity contribution in [1.29, 1.82) is 0 Å². The van der Waals surface area contributed by atoms with Crippen LogP contribution in [-0.4, -0.2) is 45.6 Å². The van der Waals surface area contributed by atoms with Gasteiger partial charge < -0.3 is 20.9 Å². The van der Waals surface area contributed by atoms with Gasteiger partial charge in [-0.25, -0.2) is 0 Å². The summed E-state index contributed by atoms with van der Waals surface area (Å²) in [7, 11) is 0. The largest absolute Gasteiger partial charge is 0.409 e. The van der Waals surface area contributed by atoms with E-state index in [0.717, 1.165) is 6.42 Å². The second-order valence-corrected chi connectivity index (χ2v) is 5.39. The normalized spacial score (nSPS) is 23.7. The maximum Gasteiger partial charge on any atom is 0.253 e. The number of amides is 1. The number of amidine groups is 1. The van der Waals surface area contributed by atoms with Gasteiger partial charge in [0.1, 0.15) is 0 Å². The number of rotatable bonds is 2. The van der Waals surface area contributed by atoms with Crippen LogP contribution in [0.25, 0.3) is 0 Å². The first-order valence-electron chi connectivity index (χ1n) is 6.52. The van der Waals surface area contributed by atoms with Crippen LogP contribution >= 0.6 is 0 Å². The van der Waals surface area contributed by atoms with Crippen molar-refractivity contribution in [3.05, 3.63) is 35.4 Å². The first-order valence-corrected chi connectivity index (χ1v) is 6.52. The van der Waals surface area contributed by atoms with Crippen LogP contribution in [0.3, 0.4) is 0 Å². The minimum absolute atomic E-state index is 0.0368. The van der Waals surface area contributed by atoms with Crippen molar-refractivity contribution in [3.63, 3.8) is 0 Å². The van der Waals surface area contributed by atoms with Gasteiger partial charge in [-0.2, -0.15) is 0 Å². The molecule has 0 saturated carbocycles. The van der Waals surface area contributed by atoms with Crippen molar-refractivity contribution < 1.29 is 15.1 Å². The van der Waals surface area contributed by atoms with Crippen LogP contribution in [0.2, 0.25) is 0 Å². The molecule has 0 aromatic heterocycles. The Morgan fingerprint density at radius 3 is 2.80 bits per heavy atom. The van der Waals surface area contributed by atoms with E-state index in [9.17, 15) is 9.90 Å². The summed E-state index contributed by atoms with van der Waals surface area (Å²) < 4.78 is 0. The molecule has 1 saturated heterocycles. The molecule has 1 fully saturated rings. The zero-order valence-electron chi connectivity index (χ0n) is 11.4. The van der Waals surface area contributed by atoms with Crippen molar-refractivity contribution in [2.24, 2.45) is 10.9 Å². The molecule has 1 atom stereocenters. The van der Waals surface area contributed by atoms with Gasteiger partial charge in [0.25, 0.3) is 5.91 Å². The lowest BCUT2D eigenvalue weighted by Crippen LogP contribution is -2.48. The lowest BCUT2D eigenvalue weighted by atomic mass is 9.94.